The number of methoxy groups -OCH3 is 2. The smallest absolute Gasteiger partial charge is 0.338 e. The highest BCUT2D eigenvalue weighted by Crippen LogP contribution is 2.37. The molecule has 5 rings (SSSR count). The van der Waals surface area contributed by atoms with Crippen LogP contribution in [-0.4, -0.2) is 37.3 Å². The Kier molecular flexibility index (Phi) is 7.62. The van der Waals surface area contributed by atoms with Crippen LogP contribution >= 0.6 is 11.3 Å². The monoisotopic (exact) mass is 573 g/mol. The van der Waals surface area contributed by atoms with Crippen LogP contribution in [-0.2, 0) is 9.53 Å². The van der Waals surface area contributed by atoms with Crippen LogP contribution in [0.4, 0.5) is 0 Å². The number of rotatable bonds is 8. The molecule has 4 aromatic rings. The van der Waals surface area contributed by atoms with Crippen molar-refractivity contribution in [3.63, 3.8) is 0 Å². The highest BCUT2D eigenvalue weighted by molar-refractivity contribution is 7.07. The number of carboxylic acids is 1. The molecular formula is C30H25N2O8S-. The molecule has 0 fully saturated rings. The van der Waals surface area contributed by atoms with Crippen molar-refractivity contribution in [2.75, 3.05) is 20.8 Å². The Labute approximate surface area is 238 Å². The maximum Gasteiger partial charge on any atom is 0.338 e. The normalized spacial score (nSPS) is 14.8. The quantitative estimate of drug-likeness (QED) is 0.294. The highest BCUT2D eigenvalue weighted by Gasteiger charge is 2.35. The van der Waals surface area contributed by atoms with Crippen molar-refractivity contribution in [3.05, 3.63) is 102 Å². The fraction of sp³-hybridized carbons (Fsp3) is 0.200. The molecule has 1 aliphatic rings. The summed E-state index contributed by atoms with van der Waals surface area (Å²) in [5.41, 5.74) is 1.58. The molecule has 0 N–H and O–H groups in total. The van der Waals surface area contributed by atoms with Gasteiger partial charge in [0.05, 0.1) is 42.6 Å². The molecule has 210 valence electrons. The van der Waals surface area contributed by atoms with Crippen LogP contribution in [0.25, 0.3) is 17.4 Å². The van der Waals surface area contributed by atoms with Gasteiger partial charge in [0.25, 0.3) is 5.56 Å². The van der Waals surface area contributed by atoms with Crippen molar-refractivity contribution >= 4 is 29.4 Å². The van der Waals surface area contributed by atoms with E-state index < -0.39 is 18.0 Å². The minimum Gasteiger partial charge on any atom is -0.545 e. The van der Waals surface area contributed by atoms with Gasteiger partial charge in [-0.15, -0.1) is 0 Å². The average molecular weight is 574 g/mol. The van der Waals surface area contributed by atoms with Crippen LogP contribution in [0.3, 0.4) is 0 Å². The zero-order chi connectivity index (χ0) is 29.3. The topological polar surface area (TPSA) is 132 Å². The lowest BCUT2D eigenvalue weighted by Gasteiger charge is -2.26. The highest BCUT2D eigenvalue weighted by atomic mass is 32.1. The molecule has 0 radical (unpaired) electrons. The van der Waals surface area contributed by atoms with E-state index in [1.165, 1.54) is 30.9 Å². The number of benzene rings is 2. The Bertz CT molecular complexity index is 1860. The van der Waals surface area contributed by atoms with Gasteiger partial charge in [-0.05, 0) is 43.7 Å². The third kappa shape index (κ3) is 5.19. The van der Waals surface area contributed by atoms with Crippen LogP contribution < -0.4 is 29.5 Å². The first-order chi connectivity index (χ1) is 19.7. The first-order valence-electron chi connectivity index (χ1n) is 12.6. The van der Waals surface area contributed by atoms with Crippen LogP contribution in [0, 0.1) is 0 Å². The number of fused-ring (bicyclic) bond motifs is 1. The first-order valence-corrected chi connectivity index (χ1v) is 13.4. The van der Waals surface area contributed by atoms with E-state index in [1.807, 2.05) is 0 Å². The maximum atomic E-state index is 13.9. The molecule has 2 aromatic carbocycles. The molecular weight excluding hydrogens is 548 g/mol. The predicted molar refractivity (Wildman–Crippen MR) is 148 cm³/mol. The summed E-state index contributed by atoms with van der Waals surface area (Å²) < 4.78 is 24.1. The molecule has 41 heavy (non-hydrogen) atoms. The van der Waals surface area contributed by atoms with Gasteiger partial charge in [-0.25, -0.2) is 9.79 Å². The lowest BCUT2D eigenvalue weighted by atomic mass is 9.95. The molecule has 0 aliphatic carbocycles. The number of ether oxygens (including phenoxy) is 3. The number of nitrogens with zero attached hydrogens (tertiary/aromatic N) is 2. The van der Waals surface area contributed by atoms with E-state index in [4.69, 9.17) is 18.6 Å². The molecule has 0 saturated heterocycles. The van der Waals surface area contributed by atoms with Gasteiger partial charge in [0.1, 0.15) is 29.1 Å². The Hall–Kier alpha value is -4.90. The predicted octanol–water partition coefficient (Wildman–Crippen LogP) is 2.44. The second-order valence-corrected chi connectivity index (χ2v) is 9.99. The van der Waals surface area contributed by atoms with E-state index in [0.717, 1.165) is 11.3 Å². The van der Waals surface area contributed by atoms with Crippen molar-refractivity contribution in [2.45, 2.75) is 19.9 Å². The second-order valence-electron chi connectivity index (χ2n) is 8.98. The zero-order valence-electron chi connectivity index (χ0n) is 22.6. The fourth-order valence-electron chi connectivity index (χ4n) is 4.62. The Morgan fingerprint density at radius 2 is 1.85 bits per heavy atom. The van der Waals surface area contributed by atoms with E-state index in [0.29, 0.717) is 49.2 Å². The minimum atomic E-state index is -1.26. The largest absolute Gasteiger partial charge is 0.545 e. The van der Waals surface area contributed by atoms with Crippen molar-refractivity contribution in [2.24, 2.45) is 4.99 Å². The van der Waals surface area contributed by atoms with E-state index >= 15 is 0 Å². The van der Waals surface area contributed by atoms with Gasteiger partial charge in [-0.3, -0.25) is 9.36 Å². The molecule has 0 unspecified atom stereocenters. The van der Waals surface area contributed by atoms with Crippen LogP contribution in [0.15, 0.2) is 80.1 Å². The number of aromatic nitrogens is 1. The molecule has 0 spiro atoms. The number of allylic oxidation sites excluding steroid dienone is 1. The Morgan fingerprint density at radius 3 is 2.51 bits per heavy atom. The molecule has 1 aliphatic heterocycles. The second kappa shape index (κ2) is 11.3. The van der Waals surface area contributed by atoms with Gasteiger partial charge in [0, 0.05) is 23.3 Å². The van der Waals surface area contributed by atoms with Gasteiger partial charge in [-0.2, -0.15) is 0 Å². The lowest BCUT2D eigenvalue weighted by Crippen LogP contribution is -2.40. The van der Waals surface area contributed by atoms with Crippen LogP contribution in [0.2, 0.25) is 0 Å². The number of carboxylic acid groups (broad SMARTS) is 1. The van der Waals surface area contributed by atoms with Crippen LogP contribution in [0.5, 0.6) is 11.5 Å². The van der Waals surface area contributed by atoms with E-state index in [1.54, 1.807) is 62.4 Å². The molecule has 0 amide bonds. The molecule has 1 atom stereocenters. The summed E-state index contributed by atoms with van der Waals surface area (Å²) in [6, 6.07) is 13.8. The van der Waals surface area contributed by atoms with Gasteiger partial charge in [0.15, 0.2) is 4.80 Å². The SMILES string of the molecule is CCOC(=O)C1=C(C)N=c2s/c(=C/c3ccc(-c4ccc(C(=O)[O-])cc4)o3)c(=O)n2[C@H]1c1ccc(OC)cc1OC. The third-order valence-corrected chi connectivity index (χ3v) is 7.54. The maximum absolute atomic E-state index is 13.9. The summed E-state index contributed by atoms with van der Waals surface area (Å²) in [6.45, 7) is 3.57. The number of hydrogen-bond donors (Lipinski definition) is 0. The number of furan rings is 1. The van der Waals surface area contributed by atoms with Crippen molar-refractivity contribution in [1.82, 2.24) is 4.57 Å². The Balaban J connectivity index is 1.63. The van der Waals surface area contributed by atoms with Crippen molar-refractivity contribution in [3.8, 4) is 22.8 Å². The number of carbonyl (C=O) groups is 2. The van der Waals surface area contributed by atoms with Gasteiger partial charge >= 0.3 is 5.97 Å². The standard InChI is InChI=1S/C30H26N2O8S/c1-5-39-29(36)25-16(2)31-30-32(26(25)21-12-10-19(37-3)14-23(21)38-4)27(33)24(41-30)15-20-11-13-22(40-20)17-6-8-18(9-7-17)28(34)35/h6-15,26H,5H2,1-4H3,(H,34,35)/p-1/b24-15+/t26-/m0/s1. The summed E-state index contributed by atoms with van der Waals surface area (Å²) in [4.78, 5) is 43.1. The summed E-state index contributed by atoms with van der Waals surface area (Å²) in [7, 11) is 3.04. The molecule has 10 nitrogen and oxygen atoms in total. The number of hydrogen-bond acceptors (Lipinski definition) is 10. The fourth-order valence-corrected chi connectivity index (χ4v) is 5.64. The molecule has 3 heterocycles. The van der Waals surface area contributed by atoms with E-state index in [-0.39, 0.29) is 23.3 Å². The van der Waals surface area contributed by atoms with Crippen molar-refractivity contribution in [1.29, 1.82) is 0 Å². The van der Waals surface area contributed by atoms with Crippen molar-refractivity contribution < 1.29 is 33.3 Å². The van der Waals surface area contributed by atoms with Crippen LogP contribution in [0.1, 0.15) is 41.6 Å². The third-order valence-electron chi connectivity index (χ3n) is 6.56. The average Bonchev–Trinajstić information content (AvgIpc) is 3.56. The number of aromatic carboxylic acids is 1. The van der Waals surface area contributed by atoms with Gasteiger partial charge in [-0.1, -0.05) is 35.6 Å². The number of carbonyl (C=O) groups excluding carboxylic acids is 2. The summed E-state index contributed by atoms with van der Waals surface area (Å²) in [5, 5.41) is 11.0. The zero-order valence-corrected chi connectivity index (χ0v) is 23.4. The molecule has 11 heteroatoms. The summed E-state index contributed by atoms with van der Waals surface area (Å²) >= 11 is 1.16. The molecule has 0 saturated carbocycles. The number of thiazole rings is 1. The van der Waals surface area contributed by atoms with Gasteiger partial charge in [0.2, 0.25) is 0 Å². The Morgan fingerprint density at radius 1 is 1.10 bits per heavy atom. The van der Waals surface area contributed by atoms with E-state index in [2.05, 4.69) is 4.99 Å². The van der Waals surface area contributed by atoms with Gasteiger partial charge < -0.3 is 28.5 Å². The summed E-state index contributed by atoms with van der Waals surface area (Å²) in [6.07, 6.45) is 1.61. The molecule has 0 bridgehead atoms. The number of esters is 1. The summed E-state index contributed by atoms with van der Waals surface area (Å²) in [5.74, 6) is 0.0506. The minimum absolute atomic E-state index is 0.0576. The van der Waals surface area contributed by atoms with E-state index in [9.17, 15) is 19.5 Å². The lowest BCUT2D eigenvalue weighted by molar-refractivity contribution is -0.255. The first kappa shape index (κ1) is 27.7. The molecule has 2 aromatic heterocycles.